The summed E-state index contributed by atoms with van der Waals surface area (Å²) in [6.07, 6.45) is 1.67. The van der Waals surface area contributed by atoms with E-state index in [9.17, 15) is 9.59 Å². The van der Waals surface area contributed by atoms with Crippen molar-refractivity contribution in [3.63, 3.8) is 0 Å². The third-order valence-electron chi connectivity index (χ3n) is 4.00. The zero-order chi connectivity index (χ0) is 20.4. The van der Waals surface area contributed by atoms with E-state index in [0.717, 1.165) is 28.9 Å². The van der Waals surface area contributed by atoms with Crippen LogP contribution in [0.25, 0.3) is 6.08 Å². The van der Waals surface area contributed by atoms with E-state index in [-0.39, 0.29) is 11.6 Å². The predicted octanol–water partition coefficient (Wildman–Crippen LogP) is 5.69. The van der Waals surface area contributed by atoms with Gasteiger partial charge in [-0.2, -0.15) is 0 Å². The van der Waals surface area contributed by atoms with Crippen molar-refractivity contribution in [2.75, 3.05) is 6.54 Å². The lowest BCUT2D eigenvalue weighted by molar-refractivity contribution is -0.122. The summed E-state index contributed by atoms with van der Waals surface area (Å²) in [5.41, 5.74) is 1.90. The number of benzene rings is 2. The molecule has 0 spiro atoms. The lowest BCUT2D eigenvalue weighted by Gasteiger charge is -2.13. The molecule has 0 radical (unpaired) electrons. The molecule has 9 heteroatoms. The molecular formula is C19H14Cl2I2N2O3. The van der Waals surface area contributed by atoms with Crippen molar-refractivity contribution in [2.45, 2.75) is 13.5 Å². The van der Waals surface area contributed by atoms with Crippen molar-refractivity contribution in [1.29, 1.82) is 0 Å². The van der Waals surface area contributed by atoms with E-state index < -0.39 is 6.03 Å². The van der Waals surface area contributed by atoms with Gasteiger partial charge >= 0.3 is 6.03 Å². The second-order valence-electron chi connectivity index (χ2n) is 5.88. The molecule has 0 bridgehead atoms. The van der Waals surface area contributed by atoms with Crippen LogP contribution in [-0.4, -0.2) is 23.4 Å². The summed E-state index contributed by atoms with van der Waals surface area (Å²) in [5.74, 6) is 0.404. The molecule has 1 aliphatic rings. The first-order valence-corrected chi connectivity index (χ1v) is 11.1. The Morgan fingerprint density at radius 3 is 2.39 bits per heavy atom. The summed E-state index contributed by atoms with van der Waals surface area (Å²) in [5, 5.41) is 3.73. The highest BCUT2D eigenvalue weighted by Crippen LogP contribution is 2.31. The molecule has 1 fully saturated rings. The molecule has 5 nitrogen and oxygen atoms in total. The standard InChI is InChI=1S/C19H14Cl2I2N2O3/c1-2-25-18(26)16(24-19(25)27)7-10-5-14(22)17(15(23)6-10)28-9-11-3-4-12(20)8-13(11)21/h3-8H,2,9H2,1H3,(H,24,27)/b16-7+. The zero-order valence-corrected chi connectivity index (χ0v) is 20.4. The highest BCUT2D eigenvalue weighted by atomic mass is 127. The van der Waals surface area contributed by atoms with Crippen molar-refractivity contribution < 1.29 is 14.3 Å². The van der Waals surface area contributed by atoms with Gasteiger partial charge in [0.2, 0.25) is 0 Å². The number of amides is 3. The molecule has 0 aromatic heterocycles. The molecule has 1 saturated heterocycles. The van der Waals surface area contributed by atoms with Gasteiger partial charge in [0.05, 0.1) is 7.14 Å². The van der Waals surface area contributed by atoms with Crippen LogP contribution in [0.1, 0.15) is 18.1 Å². The van der Waals surface area contributed by atoms with Gasteiger partial charge in [0.15, 0.2) is 0 Å². The third-order valence-corrected chi connectivity index (χ3v) is 6.19. The Morgan fingerprint density at radius 1 is 1.14 bits per heavy atom. The molecule has 0 aliphatic carbocycles. The van der Waals surface area contributed by atoms with Crippen LogP contribution in [0.5, 0.6) is 5.75 Å². The van der Waals surface area contributed by atoms with Crippen molar-refractivity contribution >= 4 is 86.4 Å². The van der Waals surface area contributed by atoms with Crippen LogP contribution in [0.15, 0.2) is 36.0 Å². The molecule has 146 valence electrons. The number of carbonyl (C=O) groups excluding carboxylic acids is 2. The fraction of sp³-hybridized carbons (Fsp3) is 0.158. The molecule has 1 heterocycles. The first-order chi connectivity index (χ1) is 13.3. The smallest absolute Gasteiger partial charge is 0.328 e. The first-order valence-electron chi connectivity index (χ1n) is 8.20. The minimum atomic E-state index is -0.400. The monoisotopic (exact) mass is 642 g/mol. The van der Waals surface area contributed by atoms with E-state index in [1.807, 2.05) is 18.2 Å². The molecule has 2 aromatic rings. The molecule has 0 unspecified atom stereocenters. The Kier molecular flexibility index (Phi) is 7.11. The minimum Gasteiger partial charge on any atom is -0.487 e. The number of hydrogen-bond donors (Lipinski definition) is 1. The van der Waals surface area contributed by atoms with Gasteiger partial charge in [-0.3, -0.25) is 9.69 Å². The van der Waals surface area contributed by atoms with Crippen molar-refractivity contribution in [2.24, 2.45) is 0 Å². The van der Waals surface area contributed by atoms with Crippen molar-refractivity contribution in [3.8, 4) is 5.75 Å². The Hall–Kier alpha value is -1.04. The van der Waals surface area contributed by atoms with Crippen LogP contribution in [0, 0.1) is 7.14 Å². The minimum absolute atomic E-state index is 0.264. The molecule has 2 aromatic carbocycles. The van der Waals surface area contributed by atoms with Gasteiger partial charge < -0.3 is 10.1 Å². The van der Waals surface area contributed by atoms with E-state index in [1.165, 1.54) is 0 Å². The van der Waals surface area contributed by atoms with E-state index in [0.29, 0.717) is 23.2 Å². The number of halogens is 4. The van der Waals surface area contributed by atoms with Gasteiger partial charge in [-0.15, -0.1) is 0 Å². The average Bonchev–Trinajstić information content (AvgIpc) is 2.88. The van der Waals surface area contributed by atoms with Gasteiger partial charge in [0, 0.05) is 22.2 Å². The average molecular weight is 643 g/mol. The lowest BCUT2D eigenvalue weighted by Crippen LogP contribution is -2.30. The molecule has 28 heavy (non-hydrogen) atoms. The normalized spacial score (nSPS) is 15.3. The summed E-state index contributed by atoms with van der Waals surface area (Å²) in [7, 11) is 0. The second-order valence-corrected chi connectivity index (χ2v) is 9.04. The van der Waals surface area contributed by atoms with Crippen LogP contribution in [0.3, 0.4) is 0 Å². The van der Waals surface area contributed by atoms with Gasteiger partial charge in [0.25, 0.3) is 5.91 Å². The summed E-state index contributed by atoms with van der Waals surface area (Å²) in [4.78, 5) is 25.2. The fourth-order valence-electron chi connectivity index (χ4n) is 2.61. The SMILES string of the molecule is CCN1C(=O)N/C(=C/c2cc(I)c(OCc3ccc(Cl)cc3Cl)c(I)c2)C1=O. The summed E-state index contributed by atoms with van der Waals surface area (Å²) in [6, 6.07) is 8.66. The Labute approximate surface area is 199 Å². The number of rotatable bonds is 5. The summed E-state index contributed by atoms with van der Waals surface area (Å²) < 4.78 is 7.72. The Balaban J connectivity index is 1.80. The number of ether oxygens (including phenoxy) is 1. The van der Waals surface area contributed by atoms with E-state index in [2.05, 4.69) is 50.5 Å². The number of urea groups is 1. The Bertz CT molecular complexity index is 972. The van der Waals surface area contributed by atoms with Crippen LogP contribution in [0.2, 0.25) is 10.0 Å². The highest BCUT2D eigenvalue weighted by molar-refractivity contribution is 14.1. The van der Waals surface area contributed by atoms with Gasteiger partial charge in [-0.25, -0.2) is 4.79 Å². The first kappa shape index (κ1) is 21.7. The molecular weight excluding hydrogens is 629 g/mol. The van der Waals surface area contributed by atoms with Crippen LogP contribution < -0.4 is 10.1 Å². The van der Waals surface area contributed by atoms with Crippen LogP contribution in [-0.2, 0) is 11.4 Å². The quantitative estimate of drug-likeness (QED) is 0.259. The number of carbonyl (C=O) groups is 2. The second kappa shape index (κ2) is 9.19. The fourth-order valence-corrected chi connectivity index (χ4v) is 5.21. The van der Waals surface area contributed by atoms with Crippen molar-refractivity contribution in [1.82, 2.24) is 10.2 Å². The summed E-state index contributed by atoms with van der Waals surface area (Å²) >= 11 is 16.5. The highest BCUT2D eigenvalue weighted by Gasteiger charge is 2.32. The maximum atomic E-state index is 12.2. The number of nitrogens with one attached hydrogen (secondary N) is 1. The van der Waals surface area contributed by atoms with Crippen LogP contribution >= 0.6 is 68.4 Å². The Morgan fingerprint density at radius 2 is 1.82 bits per heavy atom. The van der Waals surface area contributed by atoms with E-state index >= 15 is 0 Å². The number of likely N-dealkylation sites (N-methyl/N-ethyl adjacent to an activating group) is 1. The van der Waals surface area contributed by atoms with Crippen molar-refractivity contribution in [3.05, 3.63) is 64.3 Å². The molecule has 0 saturated carbocycles. The van der Waals surface area contributed by atoms with Crippen LogP contribution in [0.4, 0.5) is 4.79 Å². The lowest BCUT2D eigenvalue weighted by atomic mass is 10.2. The van der Waals surface area contributed by atoms with Gasteiger partial charge in [-0.1, -0.05) is 29.3 Å². The number of hydrogen-bond acceptors (Lipinski definition) is 3. The molecule has 1 aliphatic heterocycles. The molecule has 3 amide bonds. The van der Waals surface area contributed by atoms with Gasteiger partial charge in [0.1, 0.15) is 18.1 Å². The number of nitrogens with zero attached hydrogens (tertiary/aromatic N) is 1. The van der Waals surface area contributed by atoms with E-state index in [1.54, 1.807) is 25.1 Å². The topological polar surface area (TPSA) is 58.6 Å². The number of imide groups is 1. The maximum Gasteiger partial charge on any atom is 0.328 e. The molecule has 3 rings (SSSR count). The maximum absolute atomic E-state index is 12.2. The third kappa shape index (κ3) is 4.74. The molecule has 1 N–H and O–H groups in total. The largest absolute Gasteiger partial charge is 0.487 e. The van der Waals surface area contributed by atoms with E-state index in [4.69, 9.17) is 27.9 Å². The summed E-state index contributed by atoms with van der Waals surface area (Å²) in [6.45, 7) is 2.39. The molecule has 0 atom stereocenters. The predicted molar refractivity (Wildman–Crippen MR) is 127 cm³/mol. The zero-order valence-electron chi connectivity index (χ0n) is 14.6. The van der Waals surface area contributed by atoms with Gasteiger partial charge in [-0.05, 0) is 88.0 Å².